The average molecular weight is 333 g/mol. The summed E-state index contributed by atoms with van der Waals surface area (Å²) in [4.78, 5) is 14.7. The van der Waals surface area contributed by atoms with Crippen LogP contribution in [0.3, 0.4) is 0 Å². The van der Waals surface area contributed by atoms with Crippen molar-refractivity contribution in [3.8, 4) is 0 Å². The number of amides is 1. The van der Waals surface area contributed by atoms with Crippen molar-refractivity contribution in [2.45, 2.75) is 45.4 Å². The van der Waals surface area contributed by atoms with Gasteiger partial charge in [-0.05, 0) is 18.4 Å². The molecular formula is C19H31N3O2. The summed E-state index contributed by atoms with van der Waals surface area (Å²) in [6.07, 6.45) is 0.324. The van der Waals surface area contributed by atoms with Crippen molar-refractivity contribution in [3.05, 3.63) is 35.9 Å². The molecule has 1 aliphatic heterocycles. The Morgan fingerprint density at radius 1 is 1.42 bits per heavy atom. The third-order valence-electron chi connectivity index (χ3n) is 5.01. The molecular weight excluding hydrogens is 302 g/mol. The van der Waals surface area contributed by atoms with E-state index in [9.17, 15) is 4.79 Å². The summed E-state index contributed by atoms with van der Waals surface area (Å²) in [5.41, 5.74) is 6.77. The minimum Gasteiger partial charge on any atom is -0.375 e. The van der Waals surface area contributed by atoms with E-state index in [4.69, 9.17) is 10.5 Å². The summed E-state index contributed by atoms with van der Waals surface area (Å²) in [6, 6.07) is 10.4. The predicted molar refractivity (Wildman–Crippen MR) is 96.5 cm³/mol. The first-order valence-electron chi connectivity index (χ1n) is 8.82. The smallest absolute Gasteiger partial charge is 0.223 e. The van der Waals surface area contributed by atoms with Gasteiger partial charge in [-0.15, -0.1) is 0 Å². The van der Waals surface area contributed by atoms with Crippen molar-refractivity contribution < 1.29 is 9.53 Å². The Bertz CT molecular complexity index is 521. The van der Waals surface area contributed by atoms with Crippen LogP contribution in [0.1, 0.15) is 32.8 Å². The highest BCUT2D eigenvalue weighted by Crippen LogP contribution is 2.17. The zero-order valence-corrected chi connectivity index (χ0v) is 15.1. The van der Waals surface area contributed by atoms with Gasteiger partial charge in [0.2, 0.25) is 5.91 Å². The van der Waals surface area contributed by atoms with Gasteiger partial charge < -0.3 is 15.8 Å². The van der Waals surface area contributed by atoms with Gasteiger partial charge in [-0.2, -0.15) is 0 Å². The lowest BCUT2D eigenvalue weighted by Gasteiger charge is -2.36. The topological polar surface area (TPSA) is 67.6 Å². The number of carbonyl (C=O) groups excluding carboxylic acids is 1. The minimum atomic E-state index is -0.366. The predicted octanol–water partition coefficient (Wildman–Crippen LogP) is 1.77. The lowest BCUT2D eigenvalue weighted by molar-refractivity contribution is -0.128. The van der Waals surface area contributed by atoms with Crippen LogP contribution in [0.2, 0.25) is 0 Å². The van der Waals surface area contributed by atoms with Crippen LogP contribution < -0.4 is 11.1 Å². The molecule has 1 fully saturated rings. The minimum absolute atomic E-state index is 0.0169. The molecule has 2 atom stereocenters. The first-order valence-corrected chi connectivity index (χ1v) is 8.82. The number of nitrogens with zero attached hydrogens (tertiary/aromatic N) is 1. The van der Waals surface area contributed by atoms with E-state index in [0.29, 0.717) is 19.6 Å². The molecule has 2 unspecified atom stereocenters. The molecule has 0 bridgehead atoms. The third-order valence-corrected chi connectivity index (χ3v) is 5.01. The van der Waals surface area contributed by atoms with Gasteiger partial charge in [0, 0.05) is 26.2 Å². The fraction of sp³-hybridized carbons (Fsp3) is 0.632. The van der Waals surface area contributed by atoms with E-state index in [2.05, 4.69) is 48.3 Å². The monoisotopic (exact) mass is 333 g/mol. The largest absolute Gasteiger partial charge is 0.375 e. The molecule has 5 heteroatoms. The maximum absolute atomic E-state index is 12.4. The van der Waals surface area contributed by atoms with Crippen LogP contribution in [-0.2, 0) is 16.1 Å². The Labute approximate surface area is 145 Å². The molecule has 24 heavy (non-hydrogen) atoms. The van der Waals surface area contributed by atoms with Gasteiger partial charge >= 0.3 is 0 Å². The Hall–Kier alpha value is -1.43. The van der Waals surface area contributed by atoms with E-state index in [1.807, 2.05) is 13.0 Å². The van der Waals surface area contributed by atoms with Crippen LogP contribution in [0.15, 0.2) is 30.3 Å². The molecule has 2 rings (SSSR count). The Balaban J connectivity index is 1.85. The Kier molecular flexibility index (Phi) is 6.78. The molecule has 134 valence electrons. The first kappa shape index (κ1) is 18.9. The van der Waals surface area contributed by atoms with Crippen molar-refractivity contribution >= 4 is 5.91 Å². The second-order valence-corrected chi connectivity index (χ2v) is 7.24. The number of ether oxygens (including phenoxy) is 1. The van der Waals surface area contributed by atoms with E-state index < -0.39 is 0 Å². The van der Waals surface area contributed by atoms with Gasteiger partial charge in [0.15, 0.2) is 0 Å². The van der Waals surface area contributed by atoms with E-state index in [1.165, 1.54) is 5.56 Å². The maximum atomic E-state index is 12.4. The zero-order chi connectivity index (χ0) is 17.6. The number of nitrogens with two attached hydrogens (primary N) is 1. The van der Waals surface area contributed by atoms with Gasteiger partial charge in [-0.3, -0.25) is 9.69 Å². The first-order chi connectivity index (χ1) is 11.4. The van der Waals surface area contributed by atoms with Crippen molar-refractivity contribution in [2.75, 3.05) is 26.2 Å². The molecule has 3 N–H and O–H groups in total. The van der Waals surface area contributed by atoms with E-state index in [0.717, 1.165) is 19.6 Å². The van der Waals surface area contributed by atoms with Crippen molar-refractivity contribution in [3.63, 3.8) is 0 Å². The fourth-order valence-corrected chi connectivity index (χ4v) is 2.90. The highest BCUT2D eigenvalue weighted by molar-refractivity contribution is 5.77. The number of carbonyl (C=O) groups is 1. The molecule has 0 radical (unpaired) electrons. The van der Waals surface area contributed by atoms with Crippen molar-refractivity contribution in [2.24, 2.45) is 11.7 Å². The standard InChI is InChI=1S/C19H31N3O2/c1-15(2)19(3,14-20)21-18(23)11-17-13-22(9-10-24-17)12-16-7-5-4-6-8-16/h4-8,15,17H,9-14,20H2,1-3H3,(H,21,23). The van der Waals surface area contributed by atoms with E-state index in [1.54, 1.807) is 0 Å². The molecule has 1 amide bonds. The SMILES string of the molecule is CC(C)C(C)(CN)NC(=O)CC1CN(Cc2ccccc2)CCO1. The van der Waals surface area contributed by atoms with Crippen molar-refractivity contribution in [1.29, 1.82) is 0 Å². The number of morpholine rings is 1. The zero-order valence-electron chi connectivity index (χ0n) is 15.1. The number of hydrogen-bond donors (Lipinski definition) is 2. The Morgan fingerprint density at radius 2 is 2.12 bits per heavy atom. The van der Waals surface area contributed by atoms with Crippen molar-refractivity contribution in [1.82, 2.24) is 10.2 Å². The molecule has 5 nitrogen and oxygen atoms in total. The summed E-state index contributed by atoms with van der Waals surface area (Å²) >= 11 is 0. The normalized spacial score (nSPS) is 21.5. The average Bonchev–Trinajstić information content (AvgIpc) is 2.55. The number of benzene rings is 1. The summed E-state index contributed by atoms with van der Waals surface area (Å²) in [7, 11) is 0. The third kappa shape index (κ3) is 5.30. The maximum Gasteiger partial charge on any atom is 0.223 e. The molecule has 0 aliphatic carbocycles. The van der Waals surface area contributed by atoms with E-state index in [-0.39, 0.29) is 23.5 Å². The molecule has 1 aliphatic rings. The highest BCUT2D eigenvalue weighted by atomic mass is 16.5. The molecule has 0 aromatic heterocycles. The molecule has 1 aromatic carbocycles. The Morgan fingerprint density at radius 3 is 2.75 bits per heavy atom. The summed E-state index contributed by atoms with van der Waals surface area (Å²) in [5, 5.41) is 3.09. The summed E-state index contributed by atoms with van der Waals surface area (Å²) in [5.74, 6) is 0.302. The molecule has 0 saturated carbocycles. The van der Waals surface area contributed by atoms with Gasteiger partial charge in [0.1, 0.15) is 0 Å². The van der Waals surface area contributed by atoms with Crippen LogP contribution in [0, 0.1) is 5.92 Å². The quantitative estimate of drug-likeness (QED) is 0.798. The highest BCUT2D eigenvalue weighted by Gasteiger charge is 2.30. The second kappa shape index (κ2) is 8.60. The number of nitrogens with one attached hydrogen (secondary N) is 1. The molecule has 1 heterocycles. The molecule has 1 aromatic rings. The van der Waals surface area contributed by atoms with Crippen LogP contribution >= 0.6 is 0 Å². The second-order valence-electron chi connectivity index (χ2n) is 7.24. The van der Waals surface area contributed by atoms with Crippen LogP contribution in [-0.4, -0.2) is 48.7 Å². The van der Waals surface area contributed by atoms with Crippen LogP contribution in [0.4, 0.5) is 0 Å². The lowest BCUT2D eigenvalue weighted by atomic mass is 9.88. The van der Waals surface area contributed by atoms with Gasteiger partial charge in [0.05, 0.1) is 24.7 Å². The van der Waals surface area contributed by atoms with Gasteiger partial charge in [-0.25, -0.2) is 0 Å². The van der Waals surface area contributed by atoms with E-state index >= 15 is 0 Å². The molecule has 1 saturated heterocycles. The van der Waals surface area contributed by atoms with Crippen LogP contribution in [0.5, 0.6) is 0 Å². The summed E-state index contributed by atoms with van der Waals surface area (Å²) < 4.78 is 5.79. The molecule has 0 spiro atoms. The van der Waals surface area contributed by atoms with Gasteiger partial charge in [0.25, 0.3) is 0 Å². The fourth-order valence-electron chi connectivity index (χ4n) is 2.90. The number of rotatable bonds is 7. The lowest BCUT2D eigenvalue weighted by Crippen LogP contribution is -2.56. The summed E-state index contributed by atoms with van der Waals surface area (Å²) in [6.45, 7) is 9.83. The van der Waals surface area contributed by atoms with Gasteiger partial charge in [-0.1, -0.05) is 44.2 Å². The van der Waals surface area contributed by atoms with Crippen LogP contribution in [0.25, 0.3) is 0 Å². The number of hydrogen-bond acceptors (Lipinski definition) is 4.